The molecule has 0 spiro atoms. The highest BCUT2D eigenvalue weighted by Crippen LogP contribution is 2.33. The topological polar surface area (TPSA) is 146 Å². The average Bonchev–Trinajstić information content (AvgIpc) is 2.90. The van der Waals surface area contributed by atoms with E-state index in [9.17, 15) is 23.3 Å². The van der Waals surface area contributed by atoms with Crippen LogP contribution in [0.1, 0.15) is 49.1 Å². The Bertz CT molecular complexity index is 1460. The van der Waals surface area contributed by atoms with Gasteiger partial charge in [0.05, 0.1) is 4.92 Å². The molecule has 0 saturated heterocycles. The van der Waals surface area contributed by atoms with Gasteiger partial charge in [-0.3, -0.25) is 15.1 Å². The van der Waals surface area contributed by atoms with Crippen LogP contribution < -0.4 is 5.73 Å². The van der Waals surface area contributed by atoms with Gasteiger partial charge in [0, 0.05) is 37.0 Å². The highest BCUT2D eigenvalue weighted by atomic mass is 32.2. The summed E-state index contributed by atoms with van der Waals surface area (Å²) in [6, 6.07) is 16.4. The van der Waals surface area contributed by atoms with Gasteiger partial charge in [-0.2, -0.15) is 4.31 Å². The van der Waals surface area contributed by atoms with Crippen molar-refractivity contribution >= 4 is 21.8 Å². The summed E-state index contributed by atoms with van der Waals surface area (Å²) in [6.07, 6.45) is 3.71. The first-order chi connectivity index (χ1) is 18.5. The van der Waals surface area contributed by atoms with Crippen LogP contribution in [0.5, 0.6) is 0 Å². The number of ether oxygens (including phenoxy) is 1. The van der Waals surface area contributed by atoms with Gasteiger partial charge in [0.2, 0.25) is 10.0 Å². The molecule has 1 aliphatic carbocycles. The normalized spacial score (nSPS) is 15.5. The zero-order chi connectivity index (χ0) is 28.2. The number of para-hydroxylation sites is 1. The van der Waals surface area contributed by atoms with Crippen LogP contribution in [0.15, 0.2) is 71.8 Å². The molecule has 0 aliphatic heterocycles. The fraction of sp³-hybridized carbons (Fsp3) is 0.357. The number of aryl methyl sites for hydroxylation is 2. The lowest BCUT2D eigenvalue weighted by atomic mass is 9.92. The molecule has 1 unspecified atom stereocenters. The van der Waals surface area contributed by atoms with E-state index in [4.69, 9.17) is 10.5 Å². The number of fused-ring (bicyclic) bond motifs is 1. The van der Waals surface area contributed by atoms with Crippen molar-refractivity contribution in [3.8, 4) is 0 Å². The lowest BCUT2D eigenvalue weighted by molar-refractivity contribution is -0.387. The molecule has 10 nitrogen and oxygen atoms in total. The third kappa shape index (κ3) is 6.79. The van der Waals surface area contributed by atoms with Crippen molar-refractivity contribution in [2.24, 2.45) is 5.73 Å². The molecule has 1 atom stereocenters. The molecule has 3 aromatic rings. The molecule has 1 heterocycles. The smallest absolute Gasteiger partial charge is 0.405 e. The standard InChI is InChI=1S/C28H32N4O6S/c1-28(2,38-27(29)33)16-15-20-9-11-21(12-10-20)19-31(23-14-13-22-6-5-17-30-24(22)18-23)39(36,37)26-8-4-3-7-25(26)32(34)35/h3-12,17,23H,13-16,18-19H2,1-2H3,(H2,29,33). The maximum absolute atomic E-state index is 14.0. The Morgan fingerprint density at radius 3 is 2.51 bits per heavy atom. The monoisotopic (exact) mass is 552 g/mol. The predicted molar refractivity (Wildman–Crippen MR) is 145 cm³/mol. The summed E-state index contributed by atoms with van der Waals surface area (Å²) >= 11 is 0. The Morgan fingerprint density at radius 2 is 1.82 bits per heavy atom. The van der Waals surface area contributed by atoms with Gasteiger partial charge in [0.15, 0.2) is 4.90 Å². The van der Waals surface area contributed by atoms with E-state index in [1.807, 2.05) is 36.4 Å². The molecule has 0 saturated carbocycles. The van der Waals surface area contributed by atoms with Crippen LogP contribution in [0.4, 0.5) is 10.5 Å². The van der Waals surface area contributed by atoms with Crippen molar-refractivity contribution in [2.45, 2.75) is 69.0 Å². The predicted octanol–water partition coefficient (Wildman–Crippen LogP) is 4.54. The Balaban J connectivity index is 1.62. The van der Waals surface area contributed by atoms with Gasteiger partial charge in [-0.15, -0.1) is 0 Å². The summed E-state index contributed by atoms with van der Waals surface area (Å²) < 4.78 is 34.5. The summed E-state index contributed by atoms with van der Waals surface area (Å²) in [5.41, 5.74) is 7.65. The van der Waals surface area contributed by atoms with Gasteiger partial charge >= 0.3 is 6.09 Å². The number of primary amides is 1. The summed E-state index contributed by atoms with van der Waals surface area (Å²) in [6.45, 7) is 3.63. The minimum Gasteiger partial charge on any atom is -0.444 e. The van der Waals surface area contributed by atoms with Gasteiger partial charge in [-0.25, -0.2) is 13.2 Å². The molecule has 1 amide bonds. The number of benzene rings is 2. The third-order valence-corrected chi connectivity index (χ3v) is 8.92. The van der Waals surface area contributed by atoms with Crippen LogP contribution in [0, 0.1) is 10.1 Å². The fourth-order valence-electron chi connectivity index (χ4n) is 4.90. The molecule has 0 bridgehead atoms. The van der Waals surface area contributed by atoms with Gasteiger partial charge < -0.3 is 10.5 Å². The van der Waals surface area contributed by atoms with E-state index in [-0.39, 0.29) is 11.4 Å². The highest BCUT2D eigenvalue weighted by Gasteiger charge is 2.37. The largest absolute Gasteiger partial charge is 0.444 e. The Hall–Kier alpha value is -3.83. The average molecular weight is 553 g/mol. The molecular formula is C28H32N4O6S. The summed E-state index contributed by atoms with van der Waals surface area (Å²) in [5, 5.41) is 11.7. The highest BCUT2D eigenvalue weighted by molar-refractivity contribution is 7.89. The Labute approximate surface area is 228 Å². The van der Waals surface area contributed by atoms with E-state index in [1.165, 1.54) is 28.6 Å². The number of sulfonamides is 1. The SMILES string of the molecule is CC(C)(CCc1ccc(CN(C2CCc3cccnc3C2)S(=O)(=O)c2ccccc2[N+](=O)[O-])cc1)OC(N)=O. The first-order valence-corrected chi connectivity index (χ1v) is 14.1. The zero-order valence-electron chi connectivity index (χ0n) is 21.9. The molecular weight excluding hydrogens is 520 g/mol. The van der Waals surface area contributed by atoms with E-state index in [2.05, 4.69) is 4.98 Å². The number of aromatic nitrogens is 1. The quantitative estimate of drug-likeness (QED) is 0.287. The minimum atomic E-state index is -4.22. The maximum Gasteiger partial charge on any atom is 0.405 e. The van der Waals surface area contributed by atoms with Crippen LogP contribution in [0.25, 0.3) is 0 Å². The number of nitrogens with zero attached hydrogens (tertiary/aromatic N) is 3. The van der Waals surface area contributed by atoms with Crippen molar-refractivity contribution in [3.05, 3.63) is 99.4 Å². The number of carbonyl (C=O) groups is 1. The number of amides is 1. The number of rotatable bonds is 10. The number of nitro benzene ring substituents is 1. The second-order valence-corrected chi connectivity index (χ2v) is 12.1. The van der Waals surface area contributed by atoms with Crippen LogP contribution in [0.3, 0.4) is 0 Å². The van der Waals surface area contributed by atoms with E-state index in [0.29, 0.717) is 32.1 Å². The molecule has 4 rings (SSSR count). The molecule has 2 aromatic carbocycles. The van der Waals surface area contributed by atoms with Crippen LogP contribution in [0.2, 0.25) is 0 Å². The van der Waals surface area contributed by atoms with Gasteiger partial charge in [0.1, 0.15) is 5.60 Å². The Morgan fingerprint density at radius 1 is 1.13 bits per heavy atom. The minimum absolute atomic E-state index is 0.0533. The number of pyridine rings is 1. The first kappa shape index (κ1) is 28.2. The van der Waals surface area contributed by atoms with Crippen LogP contribution in [-0.2, 0) is 40.6 Å². The molecule has 1 aliphatic rings. The van der Waals surface area contributed by atoms with E-state index in [0.717, 1.165) is 22.4 Å². The van der Waals surface area contributed by atoms with Gasteiger partial charge in [-0.05, 0) is 68.4 Å². The molecule has 0 fully saturated rings. The Kier molecular flexibility index (Phi) is 8.31. The van der Waals surface area contributed by atoms with Gasteiger partial charge in [0.25, 0.3) is 5.69 Å². The second kappa shape index (κ2) is 11.5. The lowest BCUT2D eigenvalue weighted by Crippen LogP contribution is -2.43. The van der Waals surface area contributed by atoms with Crippen LogP contribution >= 0.6 is 0 Å². The molecule has 1 aromatic heterocycles. The molecule has 11 heteroatoms. The van der Waals surface area contributed by atoms with Crippen LogP contribution in [-0.4, -0.2) is 40.4 Å². The number of nitrogens with two attached hydrogens (primary N) is 1. The number of carbonyl (C=O) groups excluding carboxylic acids is 1. The van der Waals surface area contributed by atoms with Crippen molar-refractivity contribution < 1.29 is 22.9 Å². The van der Waals surface area contributed by atoms with E-state index in [1.54, 1.807) is 20.0 Å². The van der Waals surface area contributed by atoms with Gasteiger partial charge in [-0.1, -0.05) is 42.5 Å². The van der Waals surface area contributed by atoms with E-state index >= 15 is 0 Å². The number of nitro groups is 1. The summed E-state index contributed by atoms with van der Waals surface area (Å²) in [4.78, 5) is 26.3. The first-order valence-electron chi connectivity index (χ1n) is 12.7. The zero-order valence-corrected chi connectivity index (χ0v) is 22.8. The maximum atomic E-state index is 14.0. The summed E-state index contributed by atoms with van der Waals surface area (Å²) in [7, 11) is -4.22. The number of hydrogen-bond acceptors (Lipinski definition) is 7. The molecule has 0 radical (unpaired) electrons. The third-order valence-electron chi connectivity index (χ3n) is 6.97. The van der Waals surface area contributed by atoms with Crippen molar-refractivity contribution in [3.63, 3.8) is 0 Å². The van der Waals surface area contributed by atoms with E-state index < -0.39 is 38.4 Å². The molecule has 2 N–H and O–H groups in total. The fourth-order valence-corrected chi connectivity index (χ4v) is 6.70. The number of hydrogen-bond donors (Lipinski definition) is 1. The summed E-state index contributed by atoms with van der Waals surface area (Å²) in [5.74, 6) is 0. The molecule has 39 heavy (non-hydrogen) atoms. The van der Waals surface area contributed by atoms with Crippen molar-refractivity contribution in [1.82, 2.24) is 9.29 Å². The molecule has 206 valence electrons. The second-order valence-electron chi connectivity index (χ2n) is 10.3. The van der Waals surface area contributed by atoms with Crippen molar-refractivity contribution in [2.75, 3.05) is 0 Å². The van der Waals surface area contributed by atoms with Crippen molar-refractivity contribution in [1.29, 1.82) is 0 Å². The lowest BCUT2D eigenvalue weighted by Gasteiger charge is -2.34.